The quantitative estimate of drug-likeness (QED) is 0.177. The number of hydrogen-bond donors (Lipinski definition) is 0. The number of fused-ring (bicyclic) bond motifs is 13. The molecule has 4 heterocycles. The molecule has 63 heavy (non-hydrogen) atoms. The van der Waals surface area contributed by atoms with Crippen LogP contribution in [-0.4, -0.2) is 19.5 Å². The van der Waals surface area contributed by atoms with Gasteiger partial charge in [0.1, 0.15) is 11.2 Å². The summed E-state index contributed by atoms with van der Waals surface area (Å²) in [5.74, 6) is 1.79. The van der Waals surface area contributed by atoms with Crippen LogP contribution in [0.15, 0.2) is 199 Å². The number of hydrogen-bond acceptors (Lipinski definition) is 5. The summed E-state index contributed by atoms with van der Waals surface area (Å²) in [6, 6.07) is 69.2. The molecule has 14 aromatic rings. The maximum Gasteiger partial charge on any atom is 0.164 e. The van der Waals surface area contributed by atoms with E-state index in [2.05, 4.69) is 193 Å². The first-order valence-electron chi connectivity index (χ1n) is 21.2. The molecule has 0 saturated carbocycles. The summed E-state index contributed by atoms with van der Waals surface area (Å²) in [5, 5.41) is 13.9. The Bertz CT molecular complexity index is 4230. The van der Waals surface area contributed by atoms with Gasteiger partial charge in [-0.1, -0.05) is 133 Å². The molecular weight excluding hydrogens is 789 g/mol. The van der Waals surface area contributed by atoms with E-state index in [0.29, 0.717) is 17.5 Å². The maximum atomic E-state index is 6.80. The summed E-state index contributed by atoms with van der Waals surface area (Å²) in [7, 11) is 0. The highest BCUT2D eigenvalue weighted by Gasteiger charge is 2.23. The fraction of sp³-hybridized carbons (Fsp3) is 0. The molecule has 0 atom stereocenters. The molecule has 10 aromatic carbocycles. The van der Waals surface area contributed by atoms with E-state index in [1.807, 2.05) is 6.07 Å². The SMILES string of the molecule is c1ccc2cc3c(cc2c1)c1c2ccccc2ccc1n3-c1cc(-c2nc(-c3ccc4sc5ccccc5c4c3)nc(-c3cccc4ccccc34)n2)cc2oc3ccccc3c12. The minimum Gasteiger partial charge on any atom is -0.456 e. The van der Waals surface area contributed by atoms with E-state index in [-0.39, 0.29) is 0 Å². The van der Waals surface area contributed by atoms with Crippen molar-refractivity contribution in [3.8, 4) is 39.9 Å². The number of benzene rings is 10. The van der Waals surface area contributed by atoms with Gasteiger partial charge in [0.15, 0.2) is 17.5 Å². The van der Waals surface area contributed by atoms with Crippen LogP contribution in [0.3, 0.4) is 0 Å². The van der Waals surface area contributed by atoms with Crippen LogP contribution in [-0.2, 0) is 0 Å². The monoisotopic (exact) mass is 820 g/mol. The van der Waals surface area contributed by atoms with Crippen molar-refractivity contribution in [2.45, 2.75) is 0 Å². The summed E-state index contributed by atoms with van der Waals surface area (Å²) < 4.78 is 11.7. The van der Waals surface area contributed by atoms with Crippen molar-refractivity contribution in [3.63, 3.8) is 0 Å². The average Bonchev–Trinajstić information content (AvgIpc) is 4.02. The molecule has 0 N–H and O–H groups in total. The van der Waals surface area contributed by atoms with Gasteiger partial charge in [0.2, 0.25) is 0 Å². The molecule has 0 amide bonds. The van der Waals surface area contributed by atoms with Crippen molar-refractivity contribution < 1.29 is 4.42 Å². The van der Waals surface area contributed by atoms with Crippen LogP contribution >= 0.6 is 11.3 Å². The second-order valence-corrected chi connectivity index (χ2v) is 17.4. The Labute approximate surface area is 363 Å². The molecule has 14 rings (SSSR count). The fourth-order valence-corrected chi connectivity index (χ4v) is 11.0. The van der Waals surface area contributed by atoms with Crippen molar-refractivity contribution in [1.29, 1.82) is 0 Å². The number of rotatable bonds is 4. The second-order valence-electron chi connectivity index (χ2n) is 16.3. The summed E-state index contributed by atoms with van der Waals surface area (Å²) in [5.41, 5.74) is 7.54. The predicted octanol–water partition coefficient (Wildman–Crippen LogP) is 15.7. The molecule has 0 aliphatic carbocycles. The predicted molar refractivity (Wildman–Crippen MR) is 263 cm³/mol. The first-order chi connectivity index (χ1) is 31.2. The topological polar surface area (TPSA) is 56.7 Å². The van der Waals surface area contributed by atoms with E-state index in [0.717, 1.165) is 66.1 Å². The first kappa shape index (κ1) is 34.5. The number of thiophene rings is 1. The number of nitrogens with zero attached hydrogens (tertiary/aromatic N) is 4. The van der Waals surface area contributed by atoms with Crippen molar-refractivity contribution in [3.05, 3.63) is 194 Å². The Morgan fingerprint density at radius 2 is 1.02 bits per heavy atom. The number of para-hydroxylation sites is 1. The van der Waals surface area contributed by atoms with E-state index in [4.69, 9.17) is 19.4 Å². The molecule has 0 spiro atoms. The molecule has 4 aromatic heterocycles. The van der Waals surface area contributed by atoms with Crippen LogP contribution in [0.5, 0.6) is 0 Å². The van der Waals surface area contributed by atoms with Gasteiger partial charge in [-0.15, -0.1) is 11.3 Å². The lowest BCUT2D eigenvalue weighted by Gasteiger charge is -2.14. The Morgan fingerprint density at radius 3 is 1.87 bits per heavy atom. The molecule has 0 aliphatic rings. The van der Waals surface area contributed by atoms with Gasteiger partial charge in [-0.05, 0) is 93.0 Å². The lowest BCUT2D eigenvalue weighted by molar-refractivity contribution is 0.669. The molecular formula is C57H32N4OS. The highest BCUT2D eigenvalue weighted by Crippen LogP contribution is 2.44. The fourth-order valence-electron chi connectivity index (χ4n) is 9.91. The van der Waals surface area contributed by atoms with Crippen LogP contribution in [0, 0.1) is 0 Å². The van der Waals surface area contributed by atoms with Gasteiger partial charge >= 0.3 is 0 Å². The minimum absolute atomic E-state index is 0.568. The van der Waals surface area contributed by atoms with Crippen molar-refractivity contribution in [2.24, 2.45) is 0 Å². The Balaban J connectivity index is 1.09. The van der Waals surface area contributed by atoms with Crippen molar-refractivity contribution >= 4 is 108 Å². The van der Waals surface area contributed by atoms with E-state index >= 15 is 0 Å². The third-order valence-corrected chi connectivity index (χ3v) is 13.9. The summed E-state index contributed by atoms with van der Waals surface area (Å²) in [6.07, 6.45) is 0. The Kier molecular flexibility index (Phi) is 7.21. The third-order valence-electron chi connectivity index (χ3n) is 12.8. The molecule has 0 saturated heterocycles. The molecule has 0 radical (unpaired) electrons. The average molecular weight is 821 g/mol. The van der Waals surface area contributed by atoms with Gasteiger partial charge in [-0.3, -0.25) is 0 Å². The molecule has 0 unspecified atom stereocenters. The highest BCUT2D eigenvalue weighted by molar-refractivity contribution is 7.25. The highest BCUT2D eigenvalue weighted by atomic mass is 32.1. The van der Waals surface area contributed by atoms with Crippen LogP contribution in [0.4, 0.5) is 0 Å². The normalized spacial score (nSPS) is 12.1. The smallest absolute Gasteiger partial charge is 0.164 e. The lowest BCUT2D eigenvalue weighted by atomic mass is 10.0. The van der Waals surface area contributed by atoms with Crippen molar-refractivity contribution in [1.82, 2.24) is 19.5 Å². The lowest BCUT2D eigenvalue weighted by Crippen LogP contribution is -2.02. The standard InChI is InChI=1S/C57H32N4OS/c1-2-15-36-30-47-45(28-35(36)14-1)53-40-18-6-4-13-34(40)24-26-46(53)61(47)48-31-38(32-50-54(48)43-20-7-9-22-49(43)62-50)56-58-55(37-25-27-52-44(29-37)41-19-8-10-23-51(41)63-52)59-57(60-56)42-21-11-16-33-12-3-5-17-39(33)42/h1-32H. The summed E-state index contributed by atoms with van der Waals surface area (Å²) in [6.45, 7) is 0. The molecule has 6 heteroatoms. The molecule has 0 bridgehead atoms. The summed E-state index contributed by atoms with van der Waals surface area (Å²) in [4.78, 5) is 16.0. The Morgan fingerprint density at radius 1 is 0.365 bits per heavy atom. The van der Waals surface area contributed by atoms with Crippen molar-refractivity contribution in [2.75, 3.05) is 0 Å². The van der Waals surface area contributed by atoms with Crippen LogP contribution in [0.2, 0.25) is 0 Å². The maximum absolute atomic E-state index is 6.80. The summed E-state index contributed by atoms with van der Waals surface area (Å²) >= 11 is 1.81. The number of aromatic nitrogens is 4. The molecule has 0 aliphatic heterocycles. The zero-order valence-electron chi connectivity index (χ0n) is 33.6. The van der Waals surface area contributed by atoms with Gasteiger partial charge in [-0.25, -0.2) is 15.0 Å². The van der Waals surface area contributed by atoms with Crippen LogP contribution in [0.25, 0.3) is 136 Å². The Hall–Kier alpha value is -8.19. The van der Waals surface area contributed by atoms with E-state index in [1.54, 1.807) is 11.3 Å². The first-order valence-corrected chi connectivity index (χ1v) is 22.0. The van der Waals surface area contributed by atoms with Gasteiger partial charge in [0.05, 0.1) is 22.1 Å². The van der Waals surface area contributed by atoms with E-state index in [9.17, 15) is 0 Å². The van der Waals surface area contributed by atoms with Crippen LogP contribution in [0.1, 0.15) is 0 Å². The molecule has 0 fully saturated rings. The van der Waals surface area contributed by atoms with Gasteiger partial charge in [-0.2, -0.15) is 0 Å². The minimum atomic E-state index is 0.568. The van der Waals surface area contributed by atoms with Crippen LogP contribution < -0.4 is 0 Å². The third kappa shape index (κ3) is 5.19. The number of furan rings is 1. The zero-order chi connectivity index (χ0) is 41.2. The van der Waals surface area contributed by atoms with Gasteiger partial charge in [0, 0.05) is 53.0 Å². The zero-order valence-corrected chi connectivity index (χ0v) is 34.4. The molecule has 5 nitrogen and oxygen atoms in total. The largest absolute Gasteiger partial charge is 0.456 e. The van der Waals surface area contributed by atoms with E-state index in [1.165, 1.54) is 52.5 Å². The second kappa shape index (κ2) is 13.2. The molecule has 292 valence electrons. The van der Waals surface area contributed by atoms with Gasteiger partial charge < -0.3 is 8.98 Å². The van der Waals surface area contributed by atoms with E-state index < -0.39 is 0 Å². The van der Waals surface area contributed by atoms with Gasteiger partial charge in [0.25, 0.3) is 0 Å².